The number of thioether (sulfide) groups is 1. The summed E-state index contributed by atoms with van der Waals surface area (Å²) in [6.45, 7) is 2.76. The normalized spacial score (nSPS) is 11.1. The molecular formula is C19H15ClFN5OS. The van der Waals surface area contributed by atoms with Crippen LogP contribution in [0.15, 0.2) is 58.5 Å². The van der Waals surface area contributed by atoms with Gasteiger partial charge in [-0.05, 0) is 37.3 Å². The quantitative estimate of drug-likeness (QED) is 0.408. The van der Waals surface area contributed by atoms with Crippen LogP contribution in [0.5, 0.6) is 0 Å². The number of hydrogen-bond donors (Lipinski definition) is 0. The number of halogens is 2. The van der Waals surface area contributed by atoms with Gasteiger partial charge < -0.3 is 9.09 Å². The van der Waals surface area contributed by atoms with Crippen molar-refractivity contribution in [2.24, 2.45) is 0 Å². The van der Waals surface area contributed by atoms with Crippen molar-refractivity contribution in [3.63, 3.8) is 0 Å². The maximum Gasteiger partial charge on any atom is 0.191 e. The van der Waals surface area contributed by atoms with Crippen LogP contribution in [0.1, 0.15) is 12.6 Å². The molecule has 9 heteroatoms. The molecule has 0 fully saturated rings. The Kier molecular flexibility index (Phi) is 5.40. The Labute approximate surface area is 169 Å². The molecule has 0 aliphatic rings. The molecule has 6 nitrogen and oxygen atoms in total. The van der Waals surface area contributed by atoms with Gasteiger partial charge in [-0.25, -0.2) is 4.39 Å². The Morgan fingerprint density at radius 3 is 2.75 bits per heavy atom. The molecule has 4 rings (SSSR count). The highest BCUT2D eigenvalue weighted by Crippen LogP contribution is 2.30. The molecule has 0 saturated carbocycles. The van der Waals surface area contributed by atoms with Gasteiger partial charge in [0.05, 0.1) is 11.3 Å². The molecule has 4 aromatic rings. The molecule has 0 unspecified atom stereocenters. The molecule has 1 aromatic carbocycles. The first-order valence-electron chi connectivity index (χ1n) is 8.53. The number of rotatable bonds is 6. The minimum atomic E-state index is -0.410. The second-order valence-corrected chi connectivity index (χ2v) is 7.26. The van der Waals surface area contributed by atoms with Crippen molar-refractivity contribution < 1.29 is 8.91 Å². The first kappa shape index (κ1) is 18.6. The summed E-state index contributed by atoms with van der Waals surface area (Å²) >= 11 is 7.43. The van der Waals surface area contributed by atoms with E-state index >= 15 is 0 Å². The number of hydrogen-bond acceptors (Lipinski definition) is 6. The zero-order chi connectivity index (χ0) is 19.5. The predicted octanol–water partition coefficient (Wildman–Crippen LogP) is 5.10. The van der Waals surface area contributed by atoms with E-state index < -0.39 is 5.82 Å². The summed E-state index contributed by atoms with van der Waals surface area (Å²) in [6, 6.07) is 9.81. The molecule has 0 atom stereocenters. The third kappa shape index (κ3) is 3.79. The van der Waals surface area contributed by atoms with Gasteiger partial charge in [-0.15, -0.1) is 10.2 Å². The number of aromatic nitrogens is 5. The molecule has 142 valence electrons. The lowest BCUT2D eigenvalue weighted by Gasteiger charge is -2.06. The van der Waals surface area contributed by atoms with Crippen LogP contribution in [-0.4, -0.2) is 24.9 Å². The van der Waals surface area contributed by atoms with Gasteiger partial charge in [0.25, 0.3) is 0 Å². The number of nitrogens with zero attached hydrogens (tertiary/aromatic N) is 5. The Bertz CT molecular complexity index is 1100. The van der Waals surface area contributed by atoms with E-state index in [1.807, 2.05) is 23.6 Å². The van der Waals surface area contributed by atoms with Crippen molar-refractivity contribution in [2.75, 3.05) is 0 Å². The van der Waals surface area contributed by atoms with Crippen LogP contribution in [0.4, 0.5) is 4.39 Å². The second kappa shape index (κ2) is 8.12. The van der Waals surface area contributed by atoms with E-state index in [-0.39, 0.29) is 5.56 Å². The number of benzene rings is 1. The molecule has 0 N–H and O–H groups in total. The summed E-state index contributed by atoms with van der Waals surface area (Å²) < 4.78 is 21.3. The molecule has 0 aliphatic heterocycles. The standard InChI is InChI=1S/C19H15ClFN5OS/c1-2-26-18(12-5-7-22-8-6-12)23-24-19(26)28-11-14-10-17(27-25-14)15-9-13(20)3-4-16(15)21/h3-10H,2,11H2,1H3. The van der Waals surface area contributed by atoms with Gasteiger partial charge in [0.15, 0.2) is 16.7 Å². The smallest absolute Gasteiger partial charge is 0.191 e. The van der Waals surface area contributed by atoms with Gasteiger partial charge in [0, 0.05) is 41.3 Å². The highest BCUT2D eigenvalue weighted by atomic mass is 35.5. The van der Waals surface area contributed by atoms with E-state index in [0.29, 0.717) is 22.2 Å². The van der Waals surface area contributed by atoms with Gasteiger partial charge in [-0.3, -0.25) is 4.98 Å². The van der Waals surface area contributed by atoms with E-state index in [4.69, 9.17) is 16.1 Å². The van der Waals surface area contributed by atoms with Crippen LogP contribution in [0.3, 0.4) is 0 Å². The Morgan fingerprint density at radius 2 is 1.96 bits per heavy atom. The Morgan fingerprint density at radius 1 is 1.14 bits per heavy atom. The average molecular weight is 416 g/mol. The molecule has 0 aliphatic carbocycles. The van der Waals surface area contributed by atoms with Crippen molar-refractivity contribution in [3.8, 4) is 22.7 Å². The van der Waals surface area contributed by atoms with Crippen LogP contribution in [0.2, 0.25) is 5.02 Å². The summed E-state index contributed by atoms with van der Waals surface area (Å²) in [7, 11) is 0. The van der Waals surface area contributed by atoms with Crippen molar-refractivity contribution in [1.82, 2.24) is 24.9 Å². The molecule has 0 spiro atoms. The summed E-state index contributed by atoms with van der Waals surface area (Å²) in [5.74, 6) is 1.23. The molecule has 3 aromatic heterocycles. The number of pyridine rings is 1. The van der Waals surface area contributed by atoms with Gasteiger partial charge in [-0.2, -0.15) is 0 Å². The van der Waals surface area contributed by atoms with E-state index in [0.717, 1.165) is 23.1 Å². The van der Waals surface area contributed by atoms with Crippen molar-refractivity contribution in [3.05, 3.63) is 65.3 Å². The lowest BCUT2D eigenvalue weighted by atomic mass is 10.1. The summed E-state index contributed by atoms with van der Waals surface area (Å²) in [5.41, 5.74) is 1.92. The average Bonchev–Trinajstić information content (AvgIpc) is 3.35. The zero-order valence-electron chi connectivity index (χ0n) is 14.8. The molecule has 3 heterocycles. The molecule has 28 heavy (non-hydrogen) atoms. The molecular weight excluding hydrogens is 401 g/mol. The maximum absolute atomic E-state index is 14.0. The van der Waals surface area contributed by atoms with E-state index in [1.165, 1.54) is 30.0 Å². The third-order valence-electron chi connectivity index (χ3n) is 4.07. The molecule has 0 amide bonds. The second-order valence-electron chi connectivity index (χ2n) is 5.88. The van der Waals surface area contributed by atoms with E-state index in [2.05, 4.69) is 20.3 Å². The molecule has 0 bridgehead atoms. The van der Waals surface area contributed by atoms with Gasteiger partial charge in [0.2, 0.25) is 0 Å². The molecule has 0 radical (unpaired) electrons. The highest BCUT2D eigenvalue weighted by Gasteiger charge is 2.16. The zero-order valence-corrected chi connectivity index (χ0v) is 16.4. The fraction of sp³-hybridized carbons (Fsp3) is 0.158. The lowest BCUT2D eigenvalue weighted by molar-refractivity contribution is 0.424. The summed E-state index contributed by atoms with van der Waals surface area (Å²) in [6.07, 6.45) is 3.45. The summed E-state index contributed by atoms with van der Waals surface area (Å²) in [5, 5.41) is 13.8. The SMILES string of the molecule is CCn1c(SCc2cc(-c3cc(Cl)ccc3F)on2)nnc1-c1ccncc1. The first-order valence-corrected chi connectivity index (χ1v) is 9.89. The largest absolute Gasteiger partial charge is 0.356 e. The minimum Gasteiger partial charge on any atom is -0.356 e. The van der Waals surface area contributed by atoms with Crippen molar-refractivity contribution in [2.45, 2.75) is 24.4 Å². The van der Waals surface area contributed by atoms with Crippen LogP contribution < -0.4 is 0 Å². The fourth-order valence-corrected chi connectivity index (χ4v) is 3.78. The Hall–Kier alpha value is -2.71. The van der Waals surface area contributed by atoms with E-state index in [9.17, 15) is 4.39 Å². The van der Waals surface area contributed by atoms with Gasteiger partial charge in [0.1, 0.15) is 5.82 Å². The fourth-order valence-electron chi connectivity index (χ4n) is 2.73. The Balaban J connectivity index is 1.52. The minimum absolute atomic E-state index is 0.285. The highest BCUT2D eigenvalue weighted by molar-refractivity contribution is 7.98. The van der Waals surface area contributed by atoms with Crippen LogP contribution >= 0.6 is 23.4 Å². The maximum atomic E-state index is 14.0. The first-order chi connectivity index (χ1) is 13.7. The van der Waals surface area contributed by atoms with E-state index in [1.54, 1.807) is 18.5 Å². The predicted molar refractivity (Wildman–Crippen MR) is 105 cm³/mol. The monoisotopic (exact) mass is 415 g/mol. The third-order valence-corrected chi connectivity index (χ3v) is 5.31. The van der Waals surface area contributed by atoms with Crippen molar-refractivity contribution >= 4 is 23.4 Å². The molecule has 0 saturated heterocycles. The van der Waals surface area contributed by atoms with Crippen LogP contribution in [-0.2, 0) is 12.3 Å². The van der Waals surface area contributed by atoms with Crippen LogP contribution in [0, 0.1) is 5.82 Å². The van der Waals surface area contributed by atoms with Crippen LogP contribution in [0.25, 0.3) is 22.7 Å². The van der Waals surface area contributed by atoms with Gasteiger partial charge >= 0.3 is 0 Å². The van der Waals surface area contributed by atoms with Crippen molar-refractivity contribution in [1.29, 1.82) is 0 Å². The lowest BCUT2D eigenvalue weighted by Crippen LogP contribution is -2.00. The van der Waals surface area contributed by atoms with Gasteiger partial charge in [-0.1, -0.05) is 28.5 Å². The summed E-state index contributed by atoms with van der Waals surface area (Å²) in [4.78, 5) is 4.03. The topological polar surface area (TPSA) is 69.6 Å².